The van der Waals surface area contributed by atoms with Gasteiger partial charge in [0.2, 0.25) is 5.91 Å². The van der Waals surface area contributed by atoms with E-state index in [-0.39, 0.29) is 35.9 Å². The number of unbranched alkanes of at least 4 members (excludes halogenated alkanes) is 1. The fraction of sp³-hybridized carbons (Fsp3) is 0.667. The number of ketones is 2. The molecule has 1 fully saturated rings. The Balaban J connectivity index is 2.49. The number of allylic oxidation sites excluding steroid dienone is 2. The van der Waals surface area contributed by atoms with Crippen LogP contribution in [0.4, 0.5) is 0 Å². The van der Waals surface area contributed by atoms with Crippen LogP contribution in [0, 0.1) is 5.92 Å². The van der Waals surface area contributed by atoms with Gasteiger partial charge in [0.15, 0.2) is 11.6 Å². The first kappa shape index (κ1) is 17.5. The second kappa shape index (κ2) is 8.69. The summed E-state index contributed by atoms with van der Waals surface area (Å²) in [5.74, 6) is -1.10. The van der Waals surface area contributed by atoms with Gasteiger partial charge >= 0.3 is 0 Å². The lowest BCUT2D eigenvalue weighted by molar-refractivity contribution is -0.139. The third-order valence-electron chi connectivity index (χ3n) is 3.33. The molecule has 1 amide bonds. The summed E-state index contributed by atoms with van der Waals surface area (Å²) in [5, 5.41) is 0. The number of nitrogens with zero attached hydrogens (tertiary/aromatic N) is 1. The van der Waals surface area contributed by atoms with Gasteiger partial charge in [-0.2, -0.15) is 0 Å². The minimum atomic E-state index is -0.503. The van der Waals surface area contributed by atoms with E-state index in [1.54, 1.807) is 20.2 Å². The maximum Gasteiger partial charge on any atom is 0.226 e. The number of carbonyl (C=O) groups excluding carboxylic acids is 3. The SMILES string of the molecule is CCONCCCC=C1C(=O)CC(C(=O)N(C)C)CC1=O. The number of nitrogens with one attached hydrogen (secondary N) is 1. The molecule has 1 aliphatic rings. The van der Waals surface area contributed by atoms with Crippen LogP contribution in [0.15, 0.2) is 11.6 Å². The molecule has 0 radical (unpaired) electrons. The average molecular weight is 296 g/mol. The van der Waals surface area contributed by atoms with Crippen LogP contribution in [0.5, 0.6) is 0 Å². The third-order valence-corrected chi connectivity index (χ3v) is 3.33. The lowest BCUT2D eigenvalue weighted by Gasteiger charge is -2.23. The molecule has 1 rings (SSSR count). The molecule has 6 nitrogen and oxygen atoms in total. The molecule has 0 spiro atoms. The molecular formula is C15H24N2O4. The molecule has 0 aromatic rings. The average Bonchev–Trinajstić information content (AvgIpc) is 2.43. The Morgan fingerprint density at radius 3 is 2.48 bits per heavy atom. The highest BCUT2D eigenvalue weighted by Gasteiger charge is 2.34. The standard InChI is InChI=1S/C15H24N2O4/c1-4-21-16-8-6-5-7-12-13(18)9-11(10-14(12)19)15(20)17(2)3/h7,11,16H,4-6,8-10H2,1-3H3. The maximum absolute atomic E-state index is 12.0. The smallest absolute Gasteiger partial charge is 0.226 e. The summed E-state index contributed by atoms with van der Waals surface area (Å²) in [6.07, 6.45) is 3.37. The van der Waals surface area contributed by atoms with Gasteiger partial charge in [-0.15, -0.1) is 0 Å². The van der Waals surface area contributed by atoms with Crippen molar-refractivity contribution < 1.29 is 19.2 Å². The molecule has 0 aromatic carbocycles. The molecule has 0 aliphatic heterocycles. The van der Waals surface area contributed by atoms with E-state index < -0.39 is 5.92 Å². The number of Topliss-reactive ketones (excluding diaryl/α,β-unsaturated/α-hetero) is 2. The van der Waals surface area contributed by atoms with Gasteiger partial charge in [0, 0.05) is 33.5 Å². The van der Waals surface area contributed by atoms with Crippen LogP contribution in [0.1, 0.15) is 32.6 Å². The quantitative estimate of drug-likeness (QED) is 0.326. The van der Waals surface area contributed by atoms with Crippen molar-refractivity contribution in [2.24, 2.45) is 5.92 Å². The number of amides is 1. The first-order chi connectivity index (χ1) is 9.97. The molecule has 0 atom stereocenters. The summed E-state index contributed by atoms with van der Waals surface area (Å²) in [7, 11) is 3.27. The molecular weight excluding hydrogens is 272 g/mol. The van der Waals surface area contributed by atoms with Gasteiger partial charge in [-0.3, -0.25) is 14.4 Å². The highest BCUT2D eigenvalue weighted by molar-refractivity contribution is 6.23. The largest absolute Gasteiger partial charge is 0.349 e. The van der Waals surface area contributed by atoms with Crippen molar-refractivity contribution in [1.82, 2.24) is 10.4 Å². The van der Waals surface area contributed by atoms with Crippen LogP contribution in [0.3, 0.4) is 0 Å². The van der Waals surface area contributed by atoms with Crippen molar-refractivity contribution in [2.45, 2.75) is 32.6 Å². The zero-order valence-corrected chi connectivity index (χ0v) is 13.0. The minimum Gasteiger partial charge on any atom is -0.349 e. The van der Waals surface area contributed by atoms with E-state index in [2.05, 4.69) is 5.48 Å². The van der Waals surface area contributed by atoms with Crippen molar-refractivity contribution in [1.29, 1.82) is 0 Å². The normalized spacial score (nSPS) is 18.8. The molecule has 1 aliphatic carbocycles. The fourth-order valence-corrected chi connectivity index (χ4v) is 2.26. The monoisotopic (exact) mass is 296 g/mol. The second-order valence-corrected chi connectivity index (χ2v) is 5.27. The predicted octanol–water partition coefficient (Wildman–Crippen LogP) is 0.870. The van der Waals surface area contributed by atoms with Gasteiger partial charge in [0.1, 0.15) is 0 Å². The van der Waals surface area contributed by atoms with Crippen LogP contribution in [-0.4, -0.2) is 49.6 Å². The maximum atomic E-state index is 12.0. The van der Waals surface area contributed by atoms with Crippen LogP contribution in [0.2, 0.25) is 0 Å². The summed E-state index contributed by atoms with van der Waals surface area (Å²) >= 11 is 0. The summed E-state index contributed by atoms with van der Waals surface area (Å²) in [5.41, 5.74) is 3.04. The van der Waals surface area contributed by atoms with Gasteiger partial charge in [0.05, 0.1) is 18.1 Å². The third kappa shape index (κ3) is 5.40. The Labute approximate surface area is 125 Å². The minimum absolute atomic E-state index is 0.131. The molecule has 6 heteroatoms. The van der Waals surface area contributed by atoms with Gasteiger partial charge < -0.3 is 9.74 Å². The highest BCUT2D eigenvalue weighted by Crippen LogP contribution is 2.24. The Bertz CT molecular complexity index is 409. The summed E-state index contributed by atoms with van der Waals surface area (Å²) in [4.78, 5) is 42.3. The number of carbonyl (C=O) groups is 3. The van der Waals surface area contributed by atoms with E-state index in [1.165, 1.54) is 4.90 Å². The Hall–Kier alpha value is -1.53. The summed E-state index contributed by atoms with van der Waals surface area (Å²) in [6, 6.07) is 0. The highest BCUT2D eigenvalue weighted by atomic mass is 16.6. The van der Waals surface area contributed by atoms with Crippen molar-refractivity contribution in [3.05, 3.63) is 11.6 Å². The van der Waals surface area contributed by atoms with Crippen LogP contribution in [0.25, 0.3) is 0 Å². The Kier molecular flexibility index (Phi) is 7.25. The lowest BCUT2D eigenvalue weighted by atomic mass is 9.82. The molecule has 0 heterocycles. The predicted molar refractivity (Wildman–Crippen MR) is 78.4 cm³/mol. The van der Waals surface area contributed by atoms with Crippen molar-refractivity contribution in [3.63, 3.8) is 0 Å². The molecule has 0 unspecified atom stereocenters. The molecule has 0 bridgehead atoms. The summed E-state index contributed by atoms with van der Waals surface area (Å²) in [6.45, 7) is 3.15. The number of rotatable bonds is 7. The molecule has 0 aromatic heterocycles. The molecule has 1 saturated carbocycles. The van der Waals surface area contributed by atoms with Gasteiger partial charge in [0.25, 0.3) is 0 Å². The van der Waals surface area contributed by atoms with Crippen molar-refractivity contribution >= 4 is 17.5 Å². The van der Waals surface area contributed by atoms with E-state index in [1.807, 2.05) is 6.92 Å². The van der Waals surface area contributed by atoms with Crippen LogP contribution in [-0.2, 0) is 19.2 Å². The summed E-state index contributed by atoms with van der Waals surface area (Å²) < 4.78 is 0. The number of hydrogen-bond donors (Lipinski definition) is 1. The van der Waals surface area contributed by atoms with Gasteiger partial charge in [-0.25, -0.2) is 5.48 Å². The van der Waals surface area contributed by atoms with Gasteiger partial charge in [-0.1, -0.05) is 6.08 Å². The first-order valence-corrected chi connectivity index (χ1v) is 7.29. The first-order valence-electron chi connectivity index (χ1n) is 7.29. The van der Waals surface area contributed by atoms with E-state index in [0.29, 0.717) is 19.6 Å². The van der Waals surface area contributed by atoms with Crippen molar-refractivity contribution in [2.75, 3.05) is 27.2 Å². The van der Waals surface area contributed by atoms with E-state index in [4.69, 9.17) is 4.84 Å². The topological polar surface area (TPSA) is 75.7 Å². The van der Waals surface area contributed by atoms with Crippen molar-refractivity contribution in [3.8, 4) is 0 Å². The molecule has 0 saturated heterocycles. The molecule has 118 valence electrons. The molecule has 1 N–H and O–H groups in total. The van der Waals surface area contributed by atoms with Crippen LogP contribution >= 0.6 is 0 Å². The Morgan fingerprint density at radius 2 is 1.95 bits per heavy atom. The van der Waals surface area contributed by atoms with E-state index in [9.17, 15) is 14.4 Å². The van der Waals surface area contributed by atoms with E-state index >= 15 is 0 Å². The number of hydroxylamine groups is 1. The zero-order valence-electron chi connectivity index (χ0n) is 13.0. The van der Waals surface area contributed by atoms with Gasteiger partial charge in [-0.05, 0) is 19.8 Å². The fourth-order valence-electron chi connectivity index (χ4n) is 2.26. The number of hydrogen-bond acceptors (Lipinski definition) is 5. The lowest BCUT2D eigenvalue weighted by Crippen LogP contribution is -2.37. The molecule has 21 heavy (non-hydrogen) atoms. The van der Waals surface area contributed by atoms with E-state index in [0.717, 1.165) is 6.42 Å². The second-order valence-electron chi connectivity index (χ2n) is 5.27. The van der Waals surface area contributed by atoms with Crippen LogP contribution < -0.4 is 5.48 Å². The Morgan fingerprint density at radius 1 is 1.33 bits per heavy atom. The zero-order chi connectivity index (χ0) is 15.8.